The van der Waals surface area contributed by atoms with Crippen LogP contribution in [0.1, 0.15) is 31.0 Å². The second kappa shape index (κ2) is 7.05. The van der Waals surface area contributed by atoms with Gasteiger partial charge in [-0.15, -0.1) is 0 Å². The number of hydrogen-bond donors (Lipinski definition) is 1. The molecule has 1 aromatic heterocycles. The molecular weight excluding hydrogens is 304 g/mol. The van der Waals surface area contributed by atoms with Gasteiger partial charge in [-0.1, -0.05) is 19.8 Å². The predicted molar refractivity (Wildman–Crippen MR) is 89.4 cm³/mol. The minimum atomic E-state index is -0.317. The molecule has 0 aliphatic carbocycles. The summed E-state index contributed by atoms with van der Waals surface area (Å²) < 4.78 is 10.6. The molecule has 0 fully saturated rings. The molecule has 0 saturated carbocycles. The van der Waals surface area contributed by atoms with E-state index in [9.17, 15) is 4.79 Å². The number of nitrogens with zero attached hydrogens (tertiary/aromatic N) is 1. The maximum atomic E-state index is 12.2. The Balaban J connectivity index is 1.71. The Morgan fingerprint density at radius 2 is 1.92 bits per heavy atom. The summed E-state index contributed by atoms with van der Waals surface area (Å²) in [4.78, 5) is 16.2. The number of ether oxygens (including phenoxy) is 2. The largest absolute Gasteiger partial charge is 0.454 e. The first kappa shape index (κ1) is 15.9. The van der Waals surface area contributed by atoms with Crippen molar-refractivity contribution < 1.29 is 14.3 Å². The van der Waals surface area contributed by atoms with Crippen LogP contribution in [0.2, 0.25) is 0 Å². The number of rotatable bonds is 3. The van der Waals surface area contributed by atoms with Gasteiger partial charge in [-0.25, -0.2) is 0 Å². The van der Waals surface area contributed by atoms with Crippen LogP contribution < -0.4 is 14.8 Å². The van der Waals surface area contributed by atoms with Crippen LogP contribution in [-0.2, 0) is 4.79 Å². The van der Waals surface area contributed by atoms with Crippen molar-refractivity contribution in [3.05, 3.63) is 53.9 Å². The minimum Gasteiger partial charge on any atom is -0.454 e. The summed E-state index contributed by atoms with van der Waals surface area (Å²) in [6, 6.07) is 9.05. The molecule has 1 aliphatic rings. The summed E-state index contributed by atoms with van der Waals surface area (Å²) >= 11 is 0. The van der Waals surface area contributed by atoms with Crippen LogP contribution in [-0.4, -0.2) is 17.7 Å². The van der Waals surface area contributed by atoms with Crippen LogP contribution >= 0.6 is 0 Å². The monoisotopic (exact) mass is 322 g/mol. The van der Waals surface area contributed by atoms with Gasteiger partial charge in [0.2, 0.25) is 6.79 Å². The summed E-state index contributed by atoms with van der Waals surface area (Å²) in [5.41, 5.74) is 1.72. The standard InChI is InChI=1S/C19H18N2O3/c1-13(2)19(15-7-9-20-10-8-15)21-18(22)6-4-14-3-5-16-17(11-14)24-12-23-16/h3,5,7-11,13,19H,12H2,1-2H3,(H,21,22). The summed E-state index contributed by atoms with van der Waals surface area (Å²) in [7, 11) is 0. The van der Waals surface area contributed by atoms with Crippen LogP contribution in [0, 0.1) is 17.8 Å². The molecule has 1 atom stereocenters. The molecular formula is C19H18N2O3. The van der Waals surface area contributed by atoms with Crippen molar-refractivity contribution >= 4 is 5.91 Å². The molecule has 0 spiro atoms. The van der Waals surface area contributed by atoms with Crippen molar-refractivity contribution in [2.75, 3.05) is 6.79 Å². The summed E-state index contributed by atoms with van der Waals surface area (Å²) in [5, 5.41) is 2.96. The average molecular weight is 322 g/mol. The summed E-state index contributed by atoms with van der Waals surface area (Å²) in [6.45, 7) is 4.32. The minimum absolute atomic E-state index is 0.105. The van der Waals surface area contributed by atoms with E-state index in [2.05, 4.69) is 36.0 Å². The van der Waals surface area contributed by atoms with E-state index in [1.54, 1.807) is 30.6 Å². The highest BCUT2D eigenvalue weighted by molar-refractivity contribution is 5.94. The molecule has 1 N–H and O–H groups in total. The van der Waals surface area contributed by atoms with E-state index in [1.165, 1.54) is 0 Å². The molecule has 24 heavy (non-hydrogen) atoms. The Kier molecular flexibility index (Phi) is 4.66. The number of aromatic nitrogens is 1. The zero-order chi connectivity index (χ0) is 16.9. The summed E-state index contributed by atoms with van der Waals surface area (Å²) in [5.74, 6) is 6.76. The first-order valence-electron chi connectivity index (χ1n) is 7.75. The van der Waals surface area contributed by atoms with Gasteiger partial charge in [-0.05, 0) is 41.8 Å². The molecule has 0 bridgehead atoms. The first-order chi connectivity index (χ1) is 11.6. The maximum Gasteiger partial charge on any atom is 0.296 e. The number of carbonyl (C=O) groups excluding carboxylic acids is 1. The number of benzene rings is 1. The Bertz CT molecular complexity index is 791. The van der Waals surface area contributed by atoms with Gasteiger partial charge >= 0.3 is 0 Å². The number of fused-ring (bicyclic) bond motifs is 1. The quantitative estimate of drug-likeness (QED) is 0.883. The molecule has 122 valence electrons. The SMILES string of the molecule is CC(C)C(NC(=O)C#Cc1ccc2c(c1)OCO2)c1ccncc1. The van der Waals surface area contributed by atoms with Crippen LogP contribution in [0.15, 0.2) is 42.7 Å². The molecule has 2 heterocycles. The first-order valence-corrected chi connectivity index (χ1v) is 7.75. The van der Waals surface area contributed by atoms with Crippen molar-refractivity contribution in [3.63, 3.8) is 0 Å². The van der Waals surface area contributed by atoms with Crippen LogP contribution in [0.3, 0.4) is 0 Å². The zero-order valence-electron chi connectivity index (χ0n) is 13.6. The third-order valence-corrected chi connectivity index (χ3v) is 3.71. The molecule has 1 amide bonds. The van der Waals surface area contributed by atoms with Crippen molar-refractivity contribution in [1.29, 1.82) is 0 Å². The highest BCUT2D eigenvalue weighted by atomic mass is 16.7. The lowest BCUT2D eigenvalue weighted by Crippen LogP contribution is -2.30. The van der Waals surface area contributed by atoms with Gasteiger partial charge in [0.1, 0.15) is 0 Å². The van der Waals surface area contributed by atoms with E-state index in [0.717, 1.165) is 5.56 Å². The molecule has 2 aromatic rings. The smallest absolute Gasteiger partial charge is 0.296 e. The Hall–Kier alpha value is -3.00. The number of hydrogen-bond acceptors (Lipinski definition) is 4. The van der Waals surface area contributed by atoms with Gasteiger partial charge in [-0.3, -0.25) is 9.78 Å². The maximum absolute atomic E-state index is 12.2. The van der Waals surface area contributed by atoms with Crippen molar-refractivity contribution in [2.45, 2.75) is 19.9 Å². The zero-order valence-corrected chi connectivity index (χ0v) is 13.6. The van der Waals surface area contributed by atoms with E-state index in [-0.39, 0.29) is 24.7 Å². The molecule has 5 nitrogen and oxygen atoms in total. The van der Waals surface area contributed by atoms with Gasteiger partial charge in [0, 0.05) is 23.9 Å². The number of pyridine rings is 1. The fraction of sp³-hybridized carbons (Fsp3) is 0.263. The molecule has 1 aliphatic heterocycles. The molecule has 5 heteroatoms. The fourth-order valence-electron chi connectivity index (χ4n) is 2.49. The molecule has 3 rings (SSSR count). The average Bonchev–Trinajstić information content (AvgIpc) is 3.06. The second-order valence-electron chi connectivity index (χ2n) is 5.79. The highest BCUT2D eigenvalue weighted by Gasteiger charge is 2.17. The van der Waals surface area contributed by atoms with Gasteiger partial charge in [0.15, 0.2) is 11.5 Å². The van der Waals surface area contributed by atoms with E-state index in [1.807, 2.05) is 12.1 Å². The van der Waals surface area contributed by atoms with E-state index < -0.39 is 0 Å². The third kappa shape index (κ3) is 3.66. The number of nitrogens with one attached hydrogen (secondary N) is 1. The number of carbonyl (C=O) groups is 1. The molecule has 0 saturated heterocycles. The van der Waals surface area contributed by atoms with Gasteiger partial charge in [0.05, 0.1) is 6.04 Å². The van der Waals surface area contributed by atoms with Crippen molar-refractivity contribution in [3.8, 4) is 23.3 Å². The van der Waals surface area contributed by atoms with E-state index in [4.69, 9.17) is 9.47 Å². The van der Waals surface area contributed by atoms with Crippen molar-refractivity contribution in [2.24, 2.45) is 5.92 Å². The topological polar surface area (TPSA) is 60.5 Å². The molecule has 0 radical (unpaired) electrons. The predicted octanol–water partition coefficient (Wildman–Crippen LogP) is 2.68. The summed E-state index contributed by atoms with van der Waals surface area (Å²) in [6.07, 6.45) is 3.43. The normalized spacial score (nSPS) is 13.1. The van der Waals surface area contributed by atoms with Gasteiger partial charge in [-0.2, -0.15) is 0 Å². The third-order valence-electron chi connectivity index (χ3n) is 3.71. The molecule has 1 unspecified atom stereocenters. The molecule has 1 aromatic carbocycles. The number of amides is 1. The van der Waals surface area contributed by atoms with Gasteiger partial charge in [0.25, 0.3) is 5.91 Å². The highest BCUT2D eigenvalue weighted by Crippen LogP contribution is 2.32. The Morgan fingerprint density at radius 1 is 1.17 bits per heavy atom. The Morgan fingerprint density at radius 3 is 2.67 bits per heavy atom. The lowest BCUT2D eigenvalue weighted by atomic mass is 9.97. The lowest BCUT2D eigenvalue weighted by molar-refractivity contribution is -0.116. The Labute approximate surface area is 141 Å². The fourth-order valence-corrected chi connectivity index (χ4v) is 2.49. The lowest BCUT2D eigenvalue weighted by Gasteiger charge is -2.21. The van der Waals surface area contributed by atoms with Gasteiger partial charge < -0.3 is 14.8 Å². The van der Waals surface area contributed by atoms with Crippen molar-refractivity contribution in [1.82, 2.24) is 10.3 Å². The second-order valence-corrected chi connectivity index (χ2v) is 5.79. The van der Waals surface area contributed by atoms with E-state index >= 15 is 0 Å². The van der Waals surface area contributed by atoms with Crippen LogP contribution in [0.5, 0.6) is 11.5 Å². The van der Waals surface area contributed by atoms with E-state index in [0.29, 0.717) is 17.1 Å². The van der Waals surface area contributed by atoms with Crippen LogP contribution in [0.25, 0.3) is 0 Å². The van der Waals surface area contributed by atoms with Crippen LogP contribution in [0.4, 0.5) is 0 Å².